The Kier molecular flexibility index (Phi) is 4.47. The highest BCUT2D eigenvalue weighted by atomic mass is 35.5. The van der Waals surface area contributed by atoms with E-state index in [1.54, 1.807) is 6.92 Å². The average Bonchev–Trinajstić information content (AvgIpc) is 3.12. The number of likely N-dealkylation sites (tertiary alicyclic amines) is 1. The molecule has 0 radical (unpaired) electrons. The Hall–Kier alpha value is -2.66. The van der Waals surface area contributed by atoms with Gasteiger partial charge in [0, 0.05) is 47.4 Å². The Labute approximate surface area is 157 Å². The second-order valence-electron chi connectivity index (χ2n) is 6.54. The number of anilines is 1. The summed E-state index contributed by atoms with van der Waals surface area (Å²) in [5.74, 6) is 0.872. The lowest BCUT2D eigenvalue weighted by molar-refractivity contribution is -0.127. The fraction of sp³-hybridized carbons (Fsp3) is 0.250. The third kappa shape index (κ3) is 3.22. The van der Waals surface area contributed by atoms with Crippen molar-refractivity contribution in [3.05, 3.63) is 53.6 Å². The van der Waals surface area contributed by atoms with Crippen LogP contribution in [0.25, 0.3) is 22.0 Å². The van der Waals surface area contributed by atoms with Crippen LogP contribution in [0.15, 0.2) is 48.5 Å². The predicted molar refractivity (Wildman–Crippen MR) is 104 cm³/mol. The zero-order chi connectivity index (χ0) is 18.1. The van der Waals surface area contributed by atoms with E-state index in [2.05, 4.69) is 21.6 Å². The van der Waals surface area contributed by atoms with Crippen LogP contribution >= 0.6 is 11.6 Å². The van der Waals surface area contributed by atoms with Gasteiger partial charge >= 0.3 is 0 Å². The molecule has 2 aromatic carbocycles. The van der Waals surface area contributed by atoms with Crippen molar-refractivity contribution < 1.29 is 4.79 Å². The standard InChI is InChI=1S/C20H19ClN4O/c1-13(26)25-11-10-16(12-25)22-20-18-5-3-2-4-17(18)19(23-24-20)14-6-8-15(21)9-7-14/h2-9,16H,10-12H2,1H3,(H,22,24). The number of carbonyl (C=O) groups is 1. The minimum absolute atomic E-state index is 0.114. The minimum atomic E-state index is 0.114. The summed E-state index contributed by atoms with van der Waals surface area (Å²) >= 11 is 6.00. The van der Waals surface area contributed by atoms with Gasteiger partial charge in [0.1, 0.15) is 5.69 Å². The number of aromatic nitrogens is 2. The number of nitrogens with zero attached hydrogens (tertiary/aromatic N) is 3. The summed E-state index contributed by atoms with van der Waals surface area (Å²) in [6, 6.07) is 15.9. The molecule has 1 N–H and O–H groups in total. The number of benzene rings is 2. The van der Waals surface area contributed by atoms with Crippen molar-refractivity contribution in [1.82, 2.24) is 15.1 Å². The number of halogens is 1. The van der Waals surface area contributed by atoms with Gasteiger partial charge in [0.05, 0.1) is 0 Å². The number of carbonyl (C=O) groups excluding carboxylic acids is 1. The van der Waals surface area contributed by atoms with E-state index in [0.717, 1.165) is 40.8 Å². The van der Waals surface area contributed by atoms with Gasteiger partial charge < -0.3 is 10.2 Å². The van der Waals surface area contributed by atoms with Crippen molar-refractivity contribution in [3.63, 3.8) is 0 Å². The lowest BCUT2D eigenvalue weighted by Crippen LogP contribution is -2.29. The molecule has 1 aromatic heterocycles. The van der Waals surface area contributed by atoms with Crippen molar-refractivity contribution >= 4 is 34.1 Å². The summed E-state index contributed by atoms with van der Waals surface area (Å²) < 4.78 is 0. The molecule has 0 spiro atoms. The Balaban J connectivity index is 1.68. The van der Waals surface area contributed by atoms with Crippen LogP contribution in [-0.2, 0) is 4.79 Å². The van der Waals surface area contributed by atoms with Gasteiger partial charge in [-0.2, -0.15) is 0 Å². The number of rotatable bonds is 3. The molecule has 6 heteroatoms. The second kappa shape index (κ2) is 6.92. The van der Waals surface area contributed by atoms with Crippen molar-refractivity contribution in [2.24, 2.45) is 0 Å². The van der Waals surface area contributed by atoms with Gasteiger partial charge in [-0.15, -0.1) is 10.2 Å². The van der Waals surface area contributed by atoms with Gasteiger partial charge in [-0.3, -0.25) is 4.79 Å². The van der Waals surface area contributed by atoms with Gasteiger partial charge in [-0.05, 0) is 18.6 Å². The Morgan fingerprint density at radius 1 is 1.12 bits per heavy atom. The second-order valence-corrected chi connectivity index (χ2v) is 6.98. The molecule has 26 heavy (non-hydrogen) atoms. The molecule has 0 bridgehead atoms. The normalized spacial score (nSPS) is 16.8. The highest BCUT2D eigenvalue weighted by Crippen LogP contribution is 2.31. The van der Waals surface area contributed by atoms with E-state index in [9.17, 15) is 4.79 Å². The maximum absolute atomic E-state index is 11.5. The van der Waals surface area contributed by atoms with E-state index in [-0.39, 0.29) is 11.9 Å². The van der Waals surface area contributed by atoms with Crippen molar-refractivity contribution in [2.45, 2.75) is 19.4 Å². The molecule has 1 aliphatic heterocycles. The van der Waals surface area contributed by atoms with Crippen molar-refractivity contribution in [1.29, 1.82) is 0 Å². The van der Waals surface area contributed by atoms with E-state index in [1.165, 1.54) is 0 Å². The number of amides is 1. The monoisotopic (exact) mass is 366 g/mol. The quantitative estimate of drug-likeness (QED) is 0.761. The van der Waals surface area contributed by atoms with E-state index in [0.29, 0.717) is 11.6 Å². The first-order valence-electron chi connectivity index (χ1n) is 8.65. The van der Waals surface area contributed by atoms with E-state index >= 15 is 0 Å². The van der Waals surface area contributed by atoms with Crippen LogP contribution in [0, 0.1) is 0 Å². The van der Waals surface area contributed by atoms with Crippen LogP contribution in [0.2, 0.25) is 5.02 Å². The first-order valence-corrected chi connectivity index (χ1v) is 9.03. The van der Waals surface area contributed by atoms with Crippen LogP contribution in [-0.4, -0.2) is 40.1 Å². The fourth-order valence-electron chi connectivity index (χ4n) is 3.39. The molecule has 1 unspecified atom stereocenters. The van der Waals surface area contributed by atoms with Gasteiger partial charge in [-0.1, -0.05) is 48.0 Å². The first kappa shape index (κ1) is 16.8. The molecule has 1 saturated heterocycles. The molecule has 1 atom stereocenters. The molecule has 3 aromatic rings. The fourth-order valence-corrected chi connectivity index (χ4v) is 3.51. The molecule has 132 valence electrons. The number of fused-ring (bicyclic) bond motifs is 1. The Morgan fingerprint density at radius 3 is 2.54 bits per heavy atom. The molecular formula is C20H19ClN4O. The van der Waals surface area contributed by atoms with E-state index in [1.807, 2.05) is 47.4 Å². The lowest BCUT2D eigenvalue weighted by atomic mass is 10.0. The third-order valence-electron chi connectivity index (χ3n) is 4.78. The largest absolute Gasteiger partial charge is 0.363 e. The highest BCUT2D eigenvalue weighted by molar-refractivity contribution is 6.30. The van der Waals surface area contributed by atoms with Gasteiger partial charge in [0.2, 0.25) is 5.91 Å². The maximum atomic E-state index is 11.5. The van der Waals surface area contributed by atoms with E-state index in [4.69, 9.17) is 11.6 Å². The Bertz CT molecular complexity index is 958. The van der Waals surface area contributed by atoms with Crippen molar-refractivity contribution in [2.75, 3.05) is 18.4 Å². The molecule has 1 aliphatic rings. The maximum Gasteiger partial charge on any atom is 0.219 e. The van der Waals surface area contributed by atoms with Crippen LogP contribution in [0.1, 0.15) is 13.3 Å². The van der Waals surface area contributed by atoms with Gasteiger partial charge in [0.15, 0.2) is 5.82 Å². The lowest BCUT2D eigenvalue weighted by Gasteiger charge is -2.17. The summed E-state index contributed by atoms with van der Waals surface area (Å²) in [6.07, 6.45) is 0.911. The summed E-state index contributed by atoms with van der Waals surface area (Å²) in [6.45, 7) is 3.09. The molecule has 2 heterocycles. The number of nitrogens with one attached hydrogen (secondary N) is 1. The molecule has 5 nitrogen and oxygen atoms in total. The van der Waals surface area contributed by atoms with E-state index < -0.39 is 0 Å². The summed E-state index contributed by atoms with van der Waals surface area (Å²) in [5.41, 5.74) is 1.81. The molecular weight excluding hydrogens is 348 g/mol. The van der Waals surface area contributed by atoms with Gasteiger partial charge in [0.25, 0.3) is 0 Å². The smallest absolute Gasteiger partial charge is 0.219 e. The first-order chi connectivity index (χ1) is 12.6. The average molecular weight is 367 g/mol. The molecule has 0 saturated carbocycles. The predicted octanol–water partition coefficient (Wildman–Crippen LogP) is 3.98. The van der Waals surface area contributed by atoms with Crippen LogP contribution in [0.4, 0.5) is 5.82 Å². The zero-order valence-electron chi connectivity index (χ0n) is 14.4. The summed E-state index contributed by atoms with van der Waals surface area (Å²) in [5, 5.41) is 15.1. The SMILES string of the molecule is CC(=O)N1CCC(Nc2nnc(-c3ccc(Cl)cc3)c3ccccc23)C1. The summed E-state index contributed by atoms with van der Waals surface area (Å²) in [4.78, 5) is 13.4. The molecule has 1 fully saturated rings. The topological polar surface area (TPSA) is 58.1 Å². The number of hydrogen-bond donors (Lipinski definition) is 1. The number of hydrogen-bond acceptors (Lipinski definition) is 4. The highest BCUT2D eigenvalue weighted by Gasteiger charge is 2.25. The minimum Gasteiger partial charge on any atom is -0.363 e. The van der Waals surface area contributed by atoms with Crippen molar-refractivity contribution in [3.8, 4) is 11.3 Å². The van der Waals surface area contributed by atoms with Crippen LogP contribution < -0.4 is 5.32 Å². The molecule has 4 rings (SSSR count). The summed E-state index contributed by atoms with van der Waals surface area (Å²) in [7, 11) is 0. The van der Waals surface area contributed by atoms with Gasteiger partial charge in [-0.25, -0.2) is 0 Å². The molecule has 0 aliphatic carbocycles. The molecule has 1 amide bonds. The zero-order valence-corrected chi connectivity index (χ0v) is 15.2. The Morgan fingerprint density at radius 2 is 1.85 bits per heavy atom. The third-order valence-corrected chi connectivity index (χ3v) is 5.03. The van der Waals surface area contributed by atoms with Crippen LogP contribution in [0.3, 0.4) is 0 Å². The van der Waals surface area contributed by atoms with Crippen LogP contribution in [0.5, 0.6) is 0 Å².